The molecule has 11 heteroatoms. The van der Waals surface area contributed by atoms with Crippen LogP contribution in [0.5, 0.6) is 0 Å². The minimum Gasteiger partial charge on any atom is -0.172 e. The first kappa shape index (κ1) is 15.0. The molecular weight excluding hydrogens is 430 g/mol. The van der Waals surface area contributed by atoms with Gasteiger partial charge in [-0.3, -0.25) is 0 Å². The topological polar surface area (TPSA) is 25.8 Å². The van der Waals surface area contributed by atoms with Gasteiger partial charge in [0.25, 0.3) is 0 Å². The standard InChI is InChI=1S/C8Br2F6N2S/c9-3-1(7(11,12)13)2(8(14,15)16)4(10)6-5(3)17-19-18-6. The molecule has 0 bridgehead atoms. The SMILES string of the molecule is FC(F)(F)c1c(C(F)(F)F)c(Br)c2nsnc2c1Br. The van der Waals surface area contributed by atoms with Crippen molar-refractivity contribution in [3.63, 3.8) is 0 Å². The molecule has 104 valence electrons. The van der Waals surface area contributed by atoms with Crippen LogP contribution >= 0.6 is 43.6 Å². The molecular formula is C8Br2F6N2S. The third-order valence-corrected chi connectivity index (χ3v) is 4.23. The minimum absolute atomic E-state index is 0.266. The lowest BCUT2D eigenvalue weighted by Gasteiger charge is -2.18. The quantitative estimate of drug-likeness (QED) is 0.534. The molecule has 0 aliphatic carbocycles. The number of rotatable bonds is 0. The van der Waals surface area contributed by atoms with E-state index >= 15 is 0 Å². The Morgan fingerprint density at radius 2 is 1.05 bits per heavy atom. The fourth-order valence-corrected chi connectivity index (χ4v) is 3.66. The van der Waals surface area contributed by atoms with Crippen molar-refractivity contribution in [1.82, 2.24) is 8.75 Å². The highest BCUT2D eigenvalue weighted by Crippen LogP contribution is 2.50. The molecule has 2 aromatic rings. The van der Waals surface area contributed by atoms with Crippen LogP contribution in [0, 0.1) is 0 Å². The Labute approximate surface area is 122 Å². The first-order valence-electron chi connectivity index (χ1n) is 4.32. The number of hydrogen-bond donors (Lipinski definition) is 0. The van der Waals surface area contributed by atoms with Crippen molar-refractivity contribution in [1.29, 1.82) is 0 Å². The van der Waals surface area contributed by atoms with Crippen LogP contribution in [0.1, 0.15) is 11.1 Å². The summed E-state index contributed by atoms with van der Waals surface area (Å²) in [6, 6.07) is 0. The van der Waals surface area contributed by atoms with E-state index in [0.29, 0.717) is 11.7 Å². The number of aromatic nitrogens is 2. The molecule has 0 spiro atoms. The van der Waals surface area contributed by atoms with Crippen molar-refractivity contribution in [3.8, 4) is 0 Å². The van der Waals surface area contributed by atoms with Gasteiger partial charge in [-0.15, -0.1) is 0 Å². The fourth-order valence-electron chi connectivity index (χ4n) is 1.47. The number of benzene rings is 1. The highest BCUT2D eigenvalue weighted by atomic mass is 79.9. The third-order valence-electron chi connectivity index (χ3n) is 2.16. The van der Waals surface area contributed by atoms with E-state index < -0.39 is 32.4 Å². The van der Waals surface area contributed by atoms with E-state index in [-0.39, 0.29) is 11.0 Å². The predicted molar refractivity (Wildman–Crippen MR) is 62.8 cm³/mol. The Kier molecular flexibility index (Phi) is 3.59. The molecule has 0 unspecified atom stereocenters. The molecule has 0 saturated carbocycles. The van der Waals surface area contributed by atoms with Crippen molar-refractivity contribution in [2.45, 2.75) is 12.4 Å². The smallest absolute Gasteiger partial charge is 0.172 e. The van der Waals surface area contributed by atoms with Crippen molar-refractivity contribution in [2.75, 3.05) is 0 Å². The lowest BCUT2D eigenvalue weighted by atomic mass is 10.1. The summed E-state index contributed by atoms with van der Waals surface area (Å²) < 4.78 is 82.7. The Balaban J connectivity index is 3.02. The van der Waals surface area contributed by atoms with Crippen molar-refractivity contribution in [2.24, 2.45) is 0 Å². The maximum atomic E-state index is 12.9. The fraction of sp³-hybridized carbons (Fsp3) is 0.250. The molecule has 2 nitrogen and oxygen atoms in total. The molecule has 1 heterocycles. The van der Waals surface area contributed by atoms with Crippen LogP contribution < -0.4 is 0 Å². The lowest BCUT2D eigenvalue weighted by Crippen LogP contribution is -2.18. The maximum Gasteiger partial charge on any atom is 0.418 e. The van der Waals surface area contributed by atoms with Crippen molar-refractivity contribution in [3.05, 3.63) is 20.1 Å². The average molecular weight is 430 g/mol. The van der Waals surface area contributed by atoms with Crippen LogP contribution in [0.25, 0.3) is 11.0 Å². The van der Waals surface area contributed by atoms with Gasteiger partial charge in [0.1, 0.15) is 11.0 Å². The van der Waals surface area contributed by atoms with Gasteiger partial charge in [0.15, 0.2) is 0 Å². The molecule has 0 amide bonds. The van der Waals surface area contributed by atoms with Gasteiger partial charge in [-0.2, -0.15) is 35.1 Å². The predicted octanol–water partition coefficient (Wildman–Crippen LogP) is 5.25. The molecule has 0 radical (unpaired) electrons. The van der Waals surface area contributed by atoms with Gasteiger partial charge in [0.05, 0.1) is 31.8 Å². The van der Waals surface area contributed by atoms with Crippen LogP contribution in [0.2, 0.25) is 0 Å². The van der Waals surface area contributed by atoms with Crippen molar-refractivity contribution < 1.29 is 26.3 Å². The van der Waals surface area contributed by atoms with E-state index in [1.54, 1.807) is 0 Å². The van der Waals surface area contributed by atoms with Gasteiger partial charge < -0.3 is 0 Å². The second-order valence-corrected chi connectivity index (χ2v) is 5.45. The van der Waals surface area contributed by atoms with E-state index in [1.165, 1.54) is 0 Å². The molecule has 0 N–H and O–H groups in total. The van der Waals surface area contributed by atoms with E-state index in [2.05, 4.69) is 40.6 Å². The van der Waals surface area contributed by atoms with Gasteiger partial charge in [-0.05, 0) is 31.9 Å². The van der Waals surface area contributed by atoms with Crippen molar-refractivity contribution >= 4 is 54.6 Å². The number of nitrogens with zero attached hydrogens (tertiary/aromatic N) is 2. The van der Waals surface area contributed by atoms with Crippen LogP contribution in [0.15, 0.2) is 8.95 Å². The van der Waals surface area contributed by atoms with Gasteiger partial charge in [-0.1, -0.05) is 0 Å². The first-order valence-corrected chi connectivity index (χ1v) is 6.64. The number of alkyl halides is 6. The summed E-state index contributed by atoms with van der Waals surface area (Å²) in [5, 5.41) is 0. The number of halogens is 8. The summed E-state index contributed by atoms with van der Waals surface area (Å²) in [6.07, 6.45) is -10.4. The molecule has 1 aromatic carbocycles. The largest absolute Gasteiger partial charge is 0.418 e. The highest BCUT2D eigenvalue weighted by Gasteiger charge is 2.47. The van der Waals surface area contributed by atoms with E-state index in [1.807, 2.05) is 0 Å². The van der Waals surface area contributed by atoms with Gasteiger partial charge in [-0.25, -0.2) is 0 Å². The molecule has 0 atom stereocenters. The highest BCUT2D eigenvalue weighted by molar-refractivity contribution is 9.11. The molecule has 0 saturated heterocycles. The second kappa shape index (κ2) is 4.55. The summed E-state index contributed by atoms with van der Waals surface area (Å²) in [6.45, 7) is 0. The molecule has 0 aliphatic heterocycles. The minimum atomic E-state index is -5.18. The van der Waals surface area contributed by atoms with Gasteiger partial charge >= 0.3 is 12.4 Å². The molecule has 0 aliphatic rings. The first-order chi connectivity index (χ1) is 8.55. The Hall–Kier alpha value is -0.420. The summed E-state index contributed by atoms with van der Waals surface area (Å²) in [7, 11) is 0. The van der Waals surface area contributed by atoms with E-state index in [0.717, 1.165) is 0 Å². The maximum absolute atomic E-state index is 12.9. The van der Waals surface area contributed by atoms with Crippen LogP contribution in [0.4, 0.5) is 26.3 Å². The van der Waals surface area contributed by atoms with E-state index in [4.69, 9.17) is 0 Å². The summed E-state index contributed by atoms with van der Waals surface area (Å²) in [4.78, 5) is 0. The Morgan fingerprint density at radius 1 is 0.737 bits per heavy atom. The zero-order valence-electron chi connectivity index (χ0n) is 8.33. The van der Waals surface area contributed by atoms with Gasteiger partial charge in [0.2, 0.25) is 0 Å². The summed E-state index contributed by atoms with van der Waals surface area (Å²) in [5.74, 6) is 0. The van der Waals surface area contributed by atoms with Crippen LogP contribution in [-0.2, 0) is 12.4 Å². The second-order valence-electron chi connectivity index (χ2n) is 3.33. The normalized spacial score (nSPS) is 13.3. The Morgan fingerprint density at radius 3 is 1.32 bits per heavy atom. The van der Waals surface area contributed by atoms with E-state index in [9.17, 15) is 26.3 Å². The van der Waals surface area contributed by atoms with Crippen LogP contribution in [0.3, 0.4) is 0 Å². The van der Waals surface area contributed by atoms with Crippen LogP contribution in [-0.4, -0.2) is 8.75 Å². The lowest BCUT2D eigenvalue weighted by molar-refractivity contribution is -0.162. The Bertz CT molecular complexity index is 593. The zero-order valence-corrected chi connectivity index (χ0v) is 12.3. The summed E-state index contributed by atoms with van der Waals surface area (Å²) in [5.41, 5.74) is -4.16. The third kappa shape index (κ3) is 2.47. The number of fused-ring (bicyclic) bond motifs is 1. The number of hydrogen-bond acceptors (Lipinski definition) is 3. The molecule has 2 rings (SSSR count). The average Bonchev–Trinajstić information content (AvgIpc) is 2.68. The zero-order chi connectivity index (χ0) is 14.6. The summed E-state index contributed by atoms with van der Waals surface area (Å²) >= 11 is 5.60. The monoisotopic (exact) mass is 428 g/mol. The molecule has 1 aromatic heterocycles. The van der Waals surface area contributed by atoms with Gasteiger partial charge in [0, 0.05) is 0 Å². The molecule has 19 heavy (non-hydrogen) atoms. The molecule has 0 fully saturated rings.